The van der Waals surface area contributed by atoms with Crippen molar-refractivity contribution >= 4 is 0 Å². The van der Waals surface area contributed by atoms with E-state index in [4.69, 9.17) is 0 Å². The first-order chi connectivity index (χ1) is 13.3. The summed E-state index contributed by atoms with van der Waals surface area (Å²) in [7, 11) is 0. The number of hydrogen-bond donors (Lipinski definition) is 0. The van der Waals surface area contributed by atoms with Crippen LogP contribution >= 0.6 is 0 Å². The lowest BCUT2D eigenvalue weighted by Gasteiger charge is -2.30. The van der Waals surface area contributed by atoms with Crippen LogP contribution in [0.4, 0.5) is 0 Å². The van der Waals surface area contributed by atoms with Crippen molar-refractivity contribution in [1.82, 2.24) is 0 Å². The minimum absolute atomic E-state index is 0.725. The number of benzene rings is 3. The highest BCUT2D eigenvalue weighted by atomic mass is 14.3. The molecule has 1 aliphatic rings. The Morgan fingerprint density at radius 1 is 0.630 bits per heavy atom. The lowest BCUT2D eigenvalue weighted by molar-refractivity contribution is 0.308. The van der Waals surface area contributed by atoms with E-state index in [2.05, 4.69) is 85.8 Å². The Hall–Kier alpha value is -2.34. The van der Waals surface area contributed by atoms with Gasteiger partial charge in [-0.15, -0.1) is 0 Å². The quantitative estimate of drug-likeness (QED) is 0.434. The molecule has 0 radical (unpaired) electrons. The van der Waals surface area contributed by atoms with Crippen LogP contribution in [0.1, 0.15) is 56.9 Å². The molecule has 1 aliphatic carbocycles. The van der Waals surface area contributed by atoms with E-state index in [1.165, 1.54) is 60.8 Å². The van der Waals surface area contributed by atoms with Crippen molar-refractivity contribution in [2.24, 2.45) is 5.92 Å². The fraction of sp³-hybridized carbons (Fsp3) is 0.333. The summed E-state index contributed by atoms with van der Waals surface area (Å²) < 4.78 is 0. The molecule has 3 aromatic carbocycles. The molecule has 0 bridgehead atoms. The topological polar surface area (TPSA) is 0 Å². The summed E-state index contributed by atoms with van der Waals surface area (Å²) in [6, 6.07) is 28.8. The average molecular weight is 355 g/mol. The molecule has 0 atom stereocenters. The molecule has 0 N–H and O–H groups in total. The largest absolute Gasteiger partial charge is 0.0654 e. The van der Waals surface area contributed by atoms with Crippen LogP contribution in [0.2, 0.25) is 0 Å². The SMILES string of the molecule is CCCC1CCC(c2ccccc2-c2ccc(-c3ccccc3)cc2)CC1. The molecule has 0 heterocycles. The first-order valence-corrected chi connectivity index (χ1v) is 10.6. The maximum atomic E-state index is 2.37. The molecule has 0 unspecified atom stereocenters. The van der Waals surface area contributed by atoms with Crippen molar-refractivity contribution < 1.29 is 0 Å². The zero-order valence-electron chi connectivity index (χ0n) is 16.4. The van der Waals surface area contributed by atoms with E-state index in [0.29, 0.717) is 0 Å². The van der Waals surface area contributed by atoms with E-state index in [1.54, 1.807) is 5.56 Å². The zero-order valence-corrected chi connectivity index (χ0v) is 16.4. The summed E-state index contributed by atoms with van der Waals surface area (Å²) in [5.74, 6) is 1.69. The van der Waals surface area contributed by atoms with E-state index in [0.717, 1.165) is 11.8 Å². The van der Waals surface area contributed by atoms with E-state index in [9.17, 15) is 0 Å². The highest BCUT2D eigenvalue weighted by Crippen LogP contribution is 2.41. The maximum absolute atomic E-state index is 2.37. The summed E-state index contributed by atoms with van der Waals surface area (Å²) in [6.45, 7) is 2.32. The van der Waals surface area contributed by atoms with Crippen molar-refractivity contribution in [3.8, 4) is 22.3 Å². The molecule has 0 heteroatoms. The molecule has 1 fully saturated rings. The Bertz CT molecular complexity index is 837. The summed E-state index contributed by atoms with van der Waals surface area (Å²) >= 11 is 0. The smallest absolute Gasteiger partial charge is 0.0149 e. The Morgan fingerprint density at radius 3 is 1.93 bits per heavy atom. The van der Waals surface area contributed by atoms with E-state index in [1.807, 2.05) is 0 Å². The Kier molecular flexibility index (Phi) is 5.72. The number of rotatable bonds is 5. The maximum Gasteiger partial charge on any atom is -0.0149 e. The second-order valence-corrected chi connectivity index (χ2v) is 8.04. The third kappa shape index (κ3) is 4.16. The minimum Gasteiger partial charge on any atom is -0.0654 e. The predicted octanol–water partition coefficient (Wildman–Crippen LogP) is 8.09. The zero-order chi connectivity index (χ0) is 18.5. The molecule has 138 valence electrons. The molecule has 0 saturated heterocycles. The van der Waals surface area contributed by atoms with Gasteiger partial charge in [-0.1, -0.05) is 98.6 Å². The molecular weight excluding hydrogens is 324 g/mol. The van der Waals surface area contributed by atoms with Crippen LogP contribution < -0.4 is 0 Å². The van der Waals surface area contributed by atoms with Gasteiger partial charge in [0.25, 0.3) is 0 Å². The Balaban J connectivity index is 1.56. The van der Waals surface area contributed by atoms with Crippen molar-refractivity contribution in [3.05, 3.63) is 84.4 Å². The monoisotopic (exact) mass is 354 g/mol. The van der Waals surface area contributed by atoms with E-state index >= 15 is 0 Å². The third-order valence-corrected chi connectivity index (χ3v) is 6.25. The van der Waals surface area contributed by atoms with Crippen molar-refractivity contribution in [2.45, 2.75) is 51.4 Å². The first-order valence-electron chi connectivity index (χ1n) is 10.6. The molecule has 0 nitrogen and oxygen atoms in total. The van der Waals surface area contributed by atoms with Gasteiger partial charge in [0.15, 0.2) is 0 Å². The molecule has 3 aromatic rings. The highest BCUT2D eigenvalue weighted by Gasteiger charge is 2.23. The fourth-order valence-electron chi connectivity index (χ4n) is 4.76. The molecule has 0 amide bonds. The highest BCUT2D eigenvalue weighted by molar-refractivity contribution is 5.72. The second kappa shape index (κ2) is 8.57. The number of hydrogen-bond acceptors (Lipinski definition) is 0. The van der Waals surface area contributed by atoms with Gasteiger partial charge in [-0.2, -0.15) is 0 Å². The van der Waals surface area contributed by atoms with Crippen LogP contribution in [0.3, 0.4) is 0 Å². The third-order valence-electron chi connectivity index (χ3n) is 6.25. The molecule has 0 aromatic heterocycles. The Morgan fingerprint density at radius 2 is 1.22 bits per heavy atom. The first kappa shape index (κ1) is 18.0. The van der Waals surface area contributed by atoms with Gasteiger partial charge in [-0.05, 0) is 65.3 Å². The second-order valence-electron chi connectivity index (χ2n) is 8.04. The van der Waals surface area contributed by atoms with Crippen LogP contribution in [0.25, 0.3) is 22.3 Å². The van der Waals surface area contributed by atoms with Gasteiger partial charge in [0.2, 0.25) is 0 Å². The van der Waals surface area contributed by atoms with Crippen molar-refractivity contribution in [3.63, 3.8) is 0 Å². The van der Waals surface area contributed by atoms with Gasteiger partial charge >= 0.3 is 0 Å². The lowest BCUT2D eigenvalue weighted by atomic mass is 9.75. The van der Waals surface area contributed by atoms with Crippen molar-refractivity contribution in [2.75, 3.05) is 0 Å². The molecule has 1 saturated carbocycles. The molecule has 27 heavy (non-hydrogen) atoms. The molecule has 0 aliphatic heterocycles. The summed E-state index contributed by atoms with van der Waals surface area (Å²) in [4.78, 5) is 0. The van der Waals surface area contributed by atoms with Crippen LogP contribution in [0.15, 0.2) is 78.9 Å². The summed E-state index contributed by atoms with van der Waals surface area (Å²) in [6.07, 6.45) is 8.25. The Labute approximate surface area is 164 Å². The standard InChI is InChI=1S/C27H30/c1-2-8-21-13-15-24(16-14-21)26-11-6-7-12-27(26)25-19-17-23(18-20-25)22-9-4-3-5-10-22/h3-7,9-12,17-21,24H,2,8,13-16H2,1H3. The van der Waals surface area contributed by atoms with Gasteiger partial charge in [0.05, 0.1) is 0 Å². The molecular formula is C27H30. The van der Waals surface area contributed by atoms with E-state index < -0.39 is 0 Å². The van der Waals surface area contributed by atoms with Crippen LogP contribution in [-0.2, 0) is 0 Å². The van der Waals surface area contributed by atoms with E-state index in [-0.39, 0.29) is 0 Å². The van der Waals surface area contributed by atoms with Gasteiger partial charge in [-0.3, -0.25) is 0 Å². The van der Waals surface area contributed by atoms with Crippen LogP contribution in [0, 0.1) is 5.92 Å². The minimum atomic E-state index is 0.725. The summed E-state index contributed by atoms with van der Waals surface area (Å²) in [5.41, 5.74) is 6.90. The van der Waals surface area contributed by atoms with Gasteiger partial charge in [0, 0.05) is 0 Å². The molecule has 4 rings (SSSR count). The van der Waals surface area contributed by atoms with Gasteiger partial charge < -0.3 is 0 Å². The predicted molar refractivity (Wildman–Crippen MR) is 117 cm³/mol. The summed E-state index contributed by atoms with van der Waals surface area (Å²) in [5, 5.41) is 0. The normalized spacial score (nSPS) is 19.7. The van der Waals surface area contributed by atoms with Gasteiger partial charge in [-0.25, -0.2) is 0 Å². The van der Waals surface area contributed by atoms with Crippen molar-refractivity contribution in [1.29, 1.82) is 0 Å². The fourth-order valence-corrected chi connectivity index (χ4v) is 4.76. The van der Waals surface area contributed by atoms with Crippen LogP contribution in [-0.4, -0.2) is 0 Å². The van der Waals surface area contributed by atoms with Crippen LogP contribution in [0.5, 0.6) is 0 Å². The molecule has 0 spiro atoms. The average Bonchev–Trinajstić information content (AvgIpc) is 2.75. The lowest BCUT2D eigenvalue weighted by Crippen LogP contribution is -2.13. The van der Waals surface area contributed by atoms with Gasteiger partial charge in [0.1, 0.15) is 0 Å².